The number of hydrogen-bond acceptors (Lipinski definition) is 3. The van der Waals surface area contributed by atoms with Gasteiger partial charge in [0.05, 0.1) is 4.47 Å². The van der Waals surface area contributed by atoms with Crippen LogP contribution in [0.25, 0.3) is 0 Å². The first-order valence-corrected chi connectivity index (χ1v) is 6.45. The summed E-state index contributed by atoms with van der Waals surface area (Å²) >= 11 is 3.12. The molecule has 100 valence electrons. The van der Waals surface area contributed by atoms with E-state index in [0.29, 0.717) is 16.8 Å². The lowest BCUT2D eigenvalue weighted by Crippen LogP contribution is -2.22. The van der Waals surface area contributed by atoms with Crippen molar-refractivity contribution in [2.75, 3.05) is 5.32 Å². The highest BCUT2D eigenvalue weighted by Crippen LogP contribution is 2.19. The Bertz CT molecular complexity index is 573. The standard InChI is InChI=1S/C12H12BrFN4O/c1-7(11(19)17-12-15-6-16-18-12)4-8-2-3-10(14)9(13)5-8/h2-3,5-7H,4H2,1H3,(H2,15,16,17,18,19)/t7-/m0/s1. The Morgan fingerprint density at radius 1 is 1.58 bits per heavy atom. The molecule has 1 aromatic carbocycles. The Morgan fingerprint density at radius 3 is 3.00 bits per heavy atom. The van der Waals surface area contributed by atoms with Crippen molar-refractivity contribution in [3.8, 4) is 0 Å². The third-order valence-electron chi connectivity index (χ3n) is 2.63. The summed E-state index contributed by atoms with van der Waals surface area (Å²) in [5.74, 6) is -0.431. The SMILES string of the molecule is C[C@@H](Cc1ccc(F)c(Br)c1)C(=O)Nc1ncn[nH]1. The number of anilines is 1. The van der Waals surface area contributed by atoms with Gasteiger partial charge in [-0.15, -0.1) is 0 Å². The van der Waals surface area contributed by atoms with E-state index >= 15 is 0 Å². The van der Waals surface area contributed by atoms with Crippen LogP contribution in [-0.4, -0.2) is 21.1 Å². The summed E-state index contributed by atoms with van der Waals surface area (Å²) in [5.41, 5.74) is 0.883. The molecule has 1 aromatic heterocycles. The van der Waals surface area contributed by atoms with Crippen molar-refractivity contribution >= 4 is 27.8 Å². The van der Waals surface area contributed by atoms with Gasteiger partial charge in [-0.3, -0.25) is 10.1 Å². The number of hydrogen-bond donors (Lipinski definition) is 2. The smallest absolute Gasteiger partial charge is 0.229 e. The fourth-order valence-electron chi connectivity index (χ4n) is 1.62. The molecule has 0 bridgehead atoms. The Labute approximate surface area is 117 Å². The van der Waals surface area contributed by atoms with Gasteiger partial charge in [0.2, 0.25) is 11.9 Å². The highest BCUT2D eigenvalue weighted by molar-refractivity contribution is 9.10. The monoisotopic (exact) mass is 326 g/mol. The number of aromatic nitrogens is 3. The number of nitrogens with one attached hydrogen (secondary N) is 2. The summed E-state index contributed by atoms with van der Waals surface area (Å²) in [6.45, 7) is 1.79. The number of benzene rings is 1. The van der Waals surface area contributed by atoms with Gasteiger partial charge in [-0.25, -0.2) is 9.49 Å². The van der Waals surface area contributed by atoms with Gasteiger partial charge < -0.3 is 0 Å². The fourth-order valence-corrected chi connectivity index (χ4v) is 2.04. The number of carbonyl (C=O) groups excluding carboxylic acids is 1. The molecule has 2 N–H and O–H groups in total. The van der Waals surface area contributed by atoms with Crippen molar-refractivity contribution in [2.45, 2.75) is 13.3 Å². The Kier molecular flexibility index (Phi) is 4.26. The van der Waals surface area contributed by atoms with Crippen molar-refractivity contribution in [3.63, 3.8) is 0 Å². The molecule has 0 saturated heterocycles. The zero-order valence-electron chi connectivity index (χ0n) is 10.2. The maximum Gasteiger partial charge on any atom is 0.229 e. The van der Waals surface area contributed by atoms with Crippen molar-refractivity contribution < 1.29 is 9.18 Å². The van der Waals surface area contributed by atoms with Crippen LogP contribution in [0, 0.1) is 11.7 Å². The molecule has 0 aliphatic carbocycles. The summed E-state index contributed by atoms with van der Waals surface area (Å²) in [5, 5.41) is 8.81. The molecular formula is C12H12BrFN4O. The lowest BCUT2D eigenvalue weighted by molar-refractivity contribution is -0.119. The average molecular weight is 327 g/mol. The summed E-state index contributed by atoms with van der Waals surface area (Å²) in [6.07, 6.45) is 1.83. The van der Waals surface area contributed by atoms with Gasteiger partial charge in [0.25, 0.3) is 0 Å². The van der Waals surface area contributed by atoms with Gasteiger partial charge in [0.15, 0.2) is 0 Å². The van der Waals surface area contributed by atoms with Crippen LogP contribution >= 0.6 is 15.9 Å². The predicted molar refractivity (Wildman–Crippen MR) is 72.0 cm³/mol. The van der Waals surface area contributed by atoms with Crippen LogP contribution in [0.4, 0.5) is 10.3 Å². The number of nitrogens with zero attached hydrogens (tertiary/aromatic N) is 2. The van der Waals surface area contributed by atoms with Crippen molar-refractivity contribution in [3.05, 3.63) is 40.4 Å². The summed E-state index contributed by atoms with van der Waals surface area (Å²) in [6, 6.07) is 4.71. The maximum absolute atomic E-state index is 13.1. The molecule has 0 aliphatic rings. The van der Waals surface area contributed by atoms with E-state index in [1.165, 1.54) is 12.4 Å². The van der Waals surface area contributed by atoms with Crippen LogP contribution in [0.2, 0.25) is 0 Å². The zero-order valence-corrected chi connectivity index (χ0v) is 11.7. The van der Waals surface area contributed by atoms with E-state index in [2.05, 4.69) is 36.4 Å². The Morgan fingerprint density at radius 2 is 2.37 bits per heavy atom. The predicted octanol–water partition coefficient (Wildman–Crippen LogP) is 2.52. The molecule has 0 unspecified atom stereocenters. The normalized spacial score (nSPS) is 12.2. The van der Waals surface area contributed by atoms with Gasteiger partial charge in [0.1, 0.15) is 12.1 Å². The van der Waals surface area contributed by atoms with E-state index in [9.17, 15) is 9.18 Å². The molecule has 0 aliphatic heterocycles. The average Bonchev–Trinajstić information content (AvgIpc) is 2.86. The highest BCUT2D eigenvalue weighted by atomic mass is 79.9. The van der Waals surface area contributed by atoms with Crippen molar-refractivity contribution in [2.24, 2.45) is 5.92 Å². The number of rotatable bonds is 4. The minimum atomic E-state index is -0.317. The van der Waals surface area contributed by atoms with Crippen LogP contribution < -0.4 is 5.32 Å². The summed E-state index contributed by atoms with van der Waals surface area (Å²) in [4.78, 5) is 15.7. The molecule has 0 spiro atoms. The number of aromatic amines is 1. The Hall–Kier alpha value is -1.76. The van der Waals surface area contributed by atoms with Crippen LogP contribution in [-0.2, 0) is 11.2 Å². The quantitative estimate of drug-likeness (QED) is 0.906. The maximum atomic E-state index is 13.1. The minimum absolute atomic E-state index is 0.169. The first-order valence-electron chi connectivity index (χ1n) is 5.66. The van der Waals surface area contributed by atoms with Crippen molar-refractivity contribution in [1.29, 1.82) is 0 Å². The molecule has 0 saturated carbocycles. The second kappa shape index (κ2) is 5.92. The molecule has 5 nitrogen and oxygen atoms in total. The van der Waals surface area contributed by atoms with E-state index in [-0.39, 0.29) is 17.6 Å². The minimum Gasteiger partial charge on any atom is -0.295 e. The van der Waals surface area contributed by atoms with E-state index in [4.69, 9.17) is 0 Å². The third-order valence-corrected chi connectivity index (χ3v) is 3.24. The van der Waals surface area contributed by atoms with E-state index in [1.807, 2.05) is 0 Å². The molecule has 1 heterocycles. The van der Waals surface area contributed by atoms with Gasteiger partial charge in [-0.1, -0.05) is 13.0 Å². The largest absolute Gasteiger partial charge is 0.295 e. The highest BCUT2D eigenvalue weighted by Gasteiger charge is 2.15. The lowest BCUT2D eigenvalue weighted by atomic mass is 10.0. The second-order valence-electron chi connectivity index (χ2n) is 4.18. The molecule has 7 heteroatoms. The van der Waals surface area contributed by atoms with Crippen molar-refractivity contribution in [1.82, 2.24) is 15.2 Å². The molecule has 1 atom stereocenters. The third kappa shape index (κ3) is 3.60. The molecule has 2 rings (SSSR count). The van der Waals surface area contributed by atoms with Gasteiger partial charge in [-0.05, 0) is 40.0 Å². The summed E-state index contributed by atoms with van der Waals surface area (Å²) in [7, 11) is 0. The number of carbonyl (C=O) groups is 1. The van der Waals surface area contributed by atoms with Gasteiger partial charge in [-0.2, -0.15) is 10.1 Å². The Balaban J connectivity index is 1.98. The first kappa shape index (κ1) is 13.7. The van der Waals surface area contributed by atoms with Gasteiger partial charge in [0, 0.05) is 5.92 Å². The molecule has 1 amide bonds. The number of H-pyrrole nitrogens is 1. The topological polar surface area (TPSA) is 70.7 Å². The lowest BCUT2D eigenvalue weighted by Gasteiger charge is -2.11. The second-order valence-corrected chi connectivity index (χ2v) is 5.03. The molecule has 19 heavy (non-hydrogen) atoms. The fraction of sp³-hybridized carbons (Fsp3) is 0.250. The number of halogens is 2. The van der Waals surface area contributed by atoms with Crippen LogP contribution in [0.15, 0.2) is 29.0 Å². The van der Waals surface area contributed by atoms with Gasteiger partial charge >= 0.3 is 0 Å². The van der Waals surface area contributed by atoms with E-state index in [1.54, 1.807) is 19.1 Å². The number of amides is 1. The summed E-state index contributed by atoms with van der Waals surface area (Å²) < 4.78 is 13.5. The molecular weight excluding hydrogens is 315 g/mol. The van der Waals surface area contributed by atoms with E-state index < -0.39 is 0 Å². The first-order chi connectivity index (χ1) is 9.06. The molecule has 0 fully saturated rings. The van der Waals surface area contributed by atoms with Crippen LogP contribution in [0.3, 0.4) is 0 Å². The molecule has 2 aromatic rings. The van der Waals surface area contributed by atoms with Crippen LogP contribution in [0.5, 0.6) is 0 Å². The zero-order chi connectivity index (χ0) is 13.8. The van der Waals surface area contributed by atoms with E-state index in [0.717, 1.165) is 5.56 Å². The van der Waals surface area contributed by atoms with Crippen LogP contribution in [0.1, 0.15) is 12.5 Å². The molecule has 0 radical (unpaired) electrons.